The van der Waals surface area contributed by atoms with Crippen LogP contribution in [0.25, 0.3) is 0 Å². The van der Waals surface area contributed by atoms with Crippen LogP contribution in [0.15, 0.2) is 0 Å². The molecule has 82 valence electrons. The Morgan fingerprint density at radius 1 is 1.21 bits per heavy atom. The Balaban J connectivity index is 1.52. The van der Waals surface area contributed by atoms with Gasteiger partial charge in [-0.1, -0.05) is 0 Å². The van der Waals surface area contributed by atoms with Crippen LogP contribution in [-0.4, -0.2) is 39.0 Å². The van der Waals surface area contributed by atoms with Gasteiger partial charge in [0.15, 0.2) is 0 Å². The molecule has 0 aliphatic carbocycles. The molecule has 2 heterocycles. The summed E-state index contributed by atoms with van der Waals surface area (Å²) in [4.78, 5) is 0. The lowest BCUT2D eigenvalue weighted by Gasteiger charge is -2.23. The van der Waals surface area contributed by atoms with Gasteiger partial charge < -0.3 is 14.8 Å². The van der Waals surface area contributed by atoms with Gasteiger partial charge in [0, 0.05) is 13.2 Å². The molecule has 0 saturated carbocycles. The van der Waals surface area contributed by atoms with E-state index in [0.29, 0.717) is 6.10 Å². The molecule has 0 radical (unpaired) electrons. The van der Waals surface area contributed by atoms with Crippen molar-refractivity contribution < 1.29 is 9.47 Å². The van der Waals surface area contributed by atoms with Crippen molar-refractivity contribution in [3.05, 3.63) is 0 Å². The summed E-state index contributed by atoms with van der Waals surface area (Å²) in [6.45, 7) is 4.95. The lowest BCUT2D eigenvalue weighted by molar-refractivity contribution is 0.00268. The normalized spacial score (nSPS) is 33.4. The third kappa shape index (κ3) is 3.23. The maximum atomic E-state index is 5.69. The summed E-state index contributed by atoms with van der Waals surface area (Å²) in [5.41, 5.74) is 0. The Bertz CT molecular complexity index is 151. The molecule has 3 heteroatoms. The molecular formula is C11H21NO2. The summed E-state index contributed by atoms with van der Waals surface area (Å²) >= 11 is 0. The number of nitrogens with one attached hydrogen (secondary N) is 1. The van der Waals surface area contributed by atoms with Gasteiger partial charge in [0.25, 0.3) is 0 Å². The summed E-state index contributed by atoms with van der Waals surface area (Å²) in [6, 6.07) is 0. The highest BCUT2D eigenvalue weighted by Crippen LogP contribution is 2.14. The van der Waals surface area contributed by atoms with Crippen LogP contribution < -0.4 is 5.32 Å². The number of ether oxygens (including phenoxy) is 2. The topological polar surface area (TPSA) is 30.5 Å². The lowest BCUT2D eigenvalue weighted by atomic mass is 10.0. The van der Waals surface area contributed by atoms with E-state index in [2.05, 4.69) is 5.32 Å². The minimum absolute atomic E-state index is 0.381. The zero-order chi connectivity index (χ0) is 9.64. The highest BCUT2D eigenvalue weighted by Gasteiger charge is 2.17. The van der Waals surface area contributed by atoms with E-state index in [-0.39, 0.29) is 0 Å². The third-order valence-corrected chi connectivity index (χ3v) is 3.08. The average molecular weight is 199 g/mol. The van der Waals surface area contributed by atoms with Gasteiger partial charge in [-0.3, -0.25) is 0 Å². The Kier molecular flexibility index (Phi) is 4.22. The van der Waals surface area contributed by atoms with Gasteiger partial charge in [-0.25, -0.2) is 0 Å². The van der Waals surface area contributed by atoms with Crippen LogP contribution in [0.3, 0.4) is 0 Å². The molecule has 14 heavy (non-hydrogen) atoms. The van der Waals surface area contributed by atoms with Crippen molar-refractivity contribution in [3.63, 3.8) is 0 Å². The molecule has 0 bridgehead atoms. The molecule has 0 amide bonds. The molecule has 0 unspecified atom stereocenters. The van der Waals surface area contributed by atoms with E-state index in [1.807, 2.05) is 0 Å². The summed E-state index contributed by atoms with van der Waals surface area (Å²) in [6.07, 6.45) is 5.39. The van der Waals surface area contributed by atoms with Gasteiger partial charge in [0.1, 0.15) is 0 Å². The van der Waals surface area contributed by atoms with Crippen molar-refractivity contribution >= 4 is 0 Å². The first-order chi connectivity index (χ1) is 6.95. The molecule has 1 N–H and O–H groups in total. The van der Waals surface area contributed by atoms with Crippen molar-refractivity contribution in [2.75, 3.05) is 32.9 Å². The Labute approximate surface area is 86.2 Å². The second kappa shape index (κ2) is 5.69. The second-order valence-corrected chi connectivity index (χ2v) is 4.38. The quantitative estimate of drug-likeness (QED) is 0.737. The molecule has 2 aliphatic rings. The summed E-state index contributed by atoms with van der Waals surface area (Å²) in [5, 5.41) is 3.40. The van der Waals surface area contributed by atoms with Gasteiger partial charge in [-0.05, 0) is 38.1 Å². The monoisotopic (exact) mass is 199 g/mol. The van der Waals surface area contributed by atoms with Gasteiger partial charge >= 0.3 is 0 Å². The molecule has 2 atom stereocenters. The van der Waals surface area contributed by atoms with E-state index < -0.39 is 0 Å². The van der Waals surface area contributed by atoms with Crippen LogP contribution >= 0.6 is 0 Å². The molecule has 0 spiro atoms. The first-order valence-electron chi connectivity index (χ1n) is 5.85. The Hall–Kier alpha value is -0.120. The van der Waals surface area contributed by atoms with Gasteiger partial charge in [-0.15, -0.1) is 0 Å². The fourth-order valence-electron chi connectivity index (χ4n) is 2.21. The van der Waals surface area contributed by atoms with Crippen molar-refractivity contribution in [2.45, 2.75) is 31.8 Å². The lowest BCUT2D eigenvalue weighted by Crippen LogP contribution is -2.33. The van der Waals surface area contributed by atoms with E-state index in [4.69, 9.17) is 9.47 Å². The summed E-state index contributed by atoms with van der Waals surface area (Å²) in [7, 11) is 0. The standard InChI is InChI=1S/C11H21NO2/c1-3-10(7-12-5-1)8-13-9-11-4-2-6-14-11/h10-12H,1-9H2/t10-,11+/m1/s1. The molecule has 3 nitrogen and oxygen atoms in total. The highest BCUT2D eigenvalue weighted by molar-refractivity contribution is 4.69. The minimum atomic E-state index is 0.381. The smallest absolute Gasteiger partial charge is 0.0809 e. The first kappa shape index (κ1) is 10.4. The Morgan fingerprint density at radius 2 is 2.21 bits per heavy atom. The number of hydrogen-bond donors (Lipinski definition) is 1. The predicted octanol–water partition coefficient (Wildman–Crippen LogP) is 1.18. The second-order valence-electron chi connectivity index (χ2n) is 4.38. The van der Waals surface area contributed by atoms with Crippen LogP contribution in [0.2, 0.25) is 0 Å². The van der Waals surface area contributed by atoms with Crippen molar-refractivity contribution in [1.29, 1.82) is 0 Å². The molecule has 0 aromatic heterocycles. The zero-order valence-electron chi connectivity index (χ0n) is 8.84. The van der Waals surface area contributed by atoms with Crippen LogP contribution in [0.5, 0.6) is 0 Å². The summed E-state index contributed by atoms with van der Waals surface area (Å²) < 4.78 is 11.2. The van der Waals surface area contributed by atoms with E-state index in [1.165, 1.54) is 32.2 Å². The fraction of sp³-hybridized carbons (Fsp3) is 1.00. The van der Waals surface area contributed by atoms with E-state index in [9.17, 15) is 0 Å². The maximum Gasteiger partial charge on any atom is 0.0809 e. The van der Waals surface area contributed by atoms with Crippen molar-refractivity contribution in [2.24, 2.45) is 5.92 Å². The molecule has 2 aliphatic heterocycles. The number of rotatable bonds is 4. The zero-order valence-corrected chi connectivity index (χ0v) is 8.84. The first-order valence-corrected chi connectivity index (χ1v) is 5.85. The maximum absolute atomic E-state index is 5.69. The molecule has 0 aromatic rings. The Morgan fingerprint density at radius 3 is 2.93 bits per heavy atom. The summed E-state index contributed by atoms with van der Waals surface area (Å²) in [5.74, 6) is 0.727. The van der Waals surface area contributed by atoms with Crippen LogP contribution in [0.1, 0.15) is 25.7 Å². The van der Waals surface area contributed by atoms with E-state index in [0.717, 1.165) is 32.3 Å². The molecular weight excluding hydrogens is 178 g/mol. The molecule has 2 rings (SSSR count). The predicted molar refractivity (Wildman–Crippen MR) is 55.4 cm³/mol. The van der Waals surface area contributed by atoms with E-state index >= 15 is 0 Å². The largest absolute Gasteiger partial charge is 0.378 e. The molecule has 2 saturated heterocycles. The average Bonchev–Trinajstić information content (AvgIpc) is 2.72. The van der Waals surface area contributed by atoms with Gasteiger partial charge in [0.2, 0.25) is 0 Å². The molecule has 2 fully saturated rings. The van der Waals surface area contributed by atoms with Crippen LogP contribution in [0.4, 0.5) is 0 Å². The van der Waals surface area contributed by atoms with Crippen LogP contribution in [-0.2, 0) is 9.47 Å². The fourth-order valence-corrected chi connectivity index (χ4v) is 2.21. The highest BCUT2D eigenvalue weighted by atomic mass is 16.5. The third-order valence-electron chi connectivity index (χ3n) is 3.08. The van der Waals surface area contributed by atoms with E-state index in [1.54, 1.807) is 0 Å². The number of piperidine rings is 1. The molecule has 0 aromatic carbocycles. The minimum Gasteiger partial charge on any atom is -0.378 e. The van der Waals surface area contributed by atoms with Crippen molar-refractivity contribution in [1.82, 2.24) is 5.32 Å². The van der Waals surface area contributed by atoms with Gasteiger partial charge in [0.05, 0.1) is 19.3 Å². The van der Waals surface area contributed by atoms with Gasteiger partial charge in [-0.2, -0.15) is 0 Å². The van der Waals surface area contributed by atoms with Crippen LogP contribution in [0, 0.1) is 5.92 Å². The number of hydrogen-bond acceptors (Lipinski definition) is 3. The SMILES string of the molecule is C1CNC[C@H](COC[C@@H]2CCCO2)C1. The van der Waals surface area contributed by atoms with Crippen molar-refractivity contribution in [3.8, 4) is 0 Å².